The first-order valence-electron chi connectivity index (χ1n) is 9.36. The lowest BCUT2D eigenvalue weighted by molar-refractivity contribution is 0.0590. The van der Waals surface area contributed by atoms with Crippen LogP contribution in [0, 0.1) is 6.57 Å². The molecule has 3 aromatic rings. The lowest BCUT2D eigenvalue weighted by Gasteiger charge is -2.10. The largest absolute Gasteiger partial charge is 0.464 e. The van der Waals surface area contributed by atoms with E-state index in [2.05, 4.69) is 43.0 Å². The van der Waals surface area contributed by atoms with Crippen molar-refractivity contribution in [1.29, 1.82) is 0 Å². The molecule has 0 aliphatic carbocycles. The number of hydrogen-bond acceptors (Lipinski definition) is 3. The van der Waals surface area contributed by atoms with Gasteiger partial charge in [0, 0.05) is 12.6 Å². The number of esters is 1. The predicted molar refractivity (Wildman–Crippen MR) is 120 cm³/mol. The standard InChI is InChI=1S/C24H24N2O2S/c1-15(2)18-8-7-9-19(14-18)16-10-12-17(13-11-16)20-21(25-3)23(29-6)26(4)22(20)24(27)28-5/h7-15H,1-2,4-6H3. The molecule has 0 saturated carbocycles. The molecule has 0 aliphatic heterocycles. The molecule has 0 unspecified atom stereocenters. The van der Waals surface area contributed by atoms with Crippen LogP contribution >= 0.6 is 11.8 Å². The third-order valence-electron chi connectivity index (χ3n) is 5.06. The van der Waals surface area contributed by atoms with Crippen LogP contribution in [0.5, 0.6) is 0 Å². The molecule has 0 spiro atoms. The van der Waals surface area contributed by atoms with Gasteiger partial charge in [0.2, 0.25) is 5.69 Å². The van der Waals surface area contributed by atoms with Crippen molar-refractivity contribution in [2.24, 2.45) is 7.05 Å². The molecular weight excluding hydrogens is 380 g/mol. The molecule has 0 fully saturated rings. The average molecular weight is 405 g/mol. The Hall–Kier alpha value is -2.97. The number of nitrogens with zero attached hydrogens (tertiary/aromatic N) is 2. The number of benzene rings is 2. The van der Waals surface area contributed by atoms with Crippen molar-refractivity contribution >= 4 is 23.4 Å². The molecule has 3 rings (SSSR count). The Balaban J connectivity index is 2.12. The molecular formula is C24H24N2O2S. The van der Waals surface area contributed by atoms with Crippen molar-refractivity contribution < 1.29 is 9.53 Å². The first-order valence-corrected chi connectivity index (χ1v) is 10.6. The molecule has 0 radical (unpaired) electrons. The molecule has 0 N–H and O–H groups in total. The third-order valence-corrected chi connectivity index (χ3v) is 5.91. The summed E-state index contributed by atoms with van der Waals surface area (Å²) in [6.45, 7) is 12.0. The zero-order chi connectivity index (χ0) is 21.1. The van der Waals surface area contributed by atoms with Crippen LogP contribution < -0.4 is 0 Å². The molecule has 0 amide bonds. The summed E-state index contributed by atoms with van der Waals surface area (Å²) in [5.74, 6) is 0.0220. The van der Waals surface area contributed by atoms with Crippen molar-refractivity contribution in [2.45, 2.75) is 24.8 Å². The second kappa shape index (κ2) is 8.59. The minimum Gasteiger partial charge on any atom is -0.464 e. The Kier molecular flexibility index (Phi) is 6.14. The van der Waals surface area contributed by atoms with Gasteiger partial charge >= 0.3 is 5.97 Å². The zero-order valence-corrected chi connectivity index (χ0v) is 18.1. The highest BCUT2D eigenvalue weighted by Gasteiger charge is 2.27. The van der Waals surface area contributed by atoms with Gasteiger partial charge in [-0.1, -0.05) is 62.4 Å². The molecule has 5 heteroatoms. The lowest BCUT2D eigenvalue weighted by atomic mass is 9.96. The van der Waals surface area contributed by atoms with Gasteiger partial charge in [-0.15, -0.1) is 11.8 Å². The van der Waals surface area contributed by atoms with Crippen molar-refractivity contribution in [3.63, 3.8) is 0 Å². The molecule has 0 aliphatic rings. The molecule has 0 saturated heterocycles. The molecule has 0 atom stereocenters. The first-order chi connectivity index (χ1) is 13.9. The minimum atomic E-state index is -0.443. The smallest absolute Gasteiger partial charge is 0.353 e. The van der Waals surface area contributed by atoms with E-state index in [4.69, 9.17) is 11.3 Å². The molecule has 4 nitrogen and oxygen atoms in total. The van der Waals surface area contributed by atoms with E-state index in [1.807, 2.05) is 30.5 Å². The van der Waals surface area contributed by atoms with Crippen LogP contribution in [0.25, 0.3) is 27.1 Å². The lowest BCUT2D eigenvalue weighted by Crippen LogP contribution is -2.09. The Labute approximate surface area is 176 Å². The zero-order valence-electron chi connectivity index (χ0n) is 17.3. The van der Waals surface area contributed by atoms with E-state index in [0.29, 0.717) is 22.9 Å². The van der Waals surface area contributed by atoms with Crippen molar-refractivity contribution in [3.05, 3.63) is 71.2 Å². The summed E-state index contributed by atoms with van der Waals surface area (Å²) in [5.41, 5.74) is 5.88. The maximum Gasteiger partial charge on any atom is 0.353 e. The summed E-state index contributed by atoms with van der Waals surface area (Å²) >= 11 is 1.45. The van der Waals surface area contributed by atoms with E-state index in [1.54, 1.807) is 11.6 Å². The average Bonchev–Trinajstić information content (AvgIpc) is 3.04. The van der Waals surface area contributed by atoms with Crippen LogP contribution in [0.4, 0.5) is 5.69 Å². The van der Waals surface area contributed by atoms with Gasteiger partial charge in [0.25, 0.3) is 0 Å². The number of thioether (sulfide) groups is 1. The summed E-state index contributed by atoms with van der Waals surface area (Å²) in [4.78, 5) is 16.2. The molecule has 1 heterocycles. The third kappa shape index (κ3) is 3.81. The number of aromatic nitrogens is 1. The summed E-state index contributed by atoms with van der Waals surface area (Å²) in [7, 11) is 3.16. The van der Waals surface area contributed by atoms with Gasteiger partial charge in [0.1, 0.15) is 5.69 Å². The number of carbonyl (C=O) groups excluding carboxylic acids is 1. The number of methoxy groups -OCH3 is 1. The van der Waals surface area contributed by atoms with Gasteiger partial charge in [-0.25, -0.2) is 9.64 Å². The van der Waals surface area contributed by atoms with E-state index in [1.165, 1.54) is 24.4 Å². The summed E-state index contributed by atoms with van der Waals surface area (Å²) in [6, 6.07) is 16.5. The van der Waals surface area contributed by atoms with Gasteiger partial charge in [-0.2, -0.15) is 0 Å². The SMILES string of the molecule is [C-]#[N+]c1c(-c2ccc(-c3cccc(C(C)C)c3)cc2)c(C(=O)OC)n(C)c1SC. The van der Waals surface area contributed by atoms with Gasteiger partial charge in [0.15, 0.2) is 0 Å². The van der Waals surface area contributed by atoms with Crippen LogP contribution in [0.1, 0.15) is 35.8 Å². The van der Waals surface area contributed by atoms with E-state index in [9.17, 15) is 4.79 Å². The van der Waals surface area contributed by atoms with Gasteiger partial charge in [-0.05, 0) is 34.4 Å². The molecule has 2 aromatic carbocycles. The van der Waals surface area contributed by atoms with Crippen LogP contribution in [0.15, 0.2) is 53.6 Å². The summed E-state index contributed by atoms with van der Waals surface area (Å²) in [6.07, 6.45) is 1.90. The Morgan fingerprint density at radius 2 is 1.76 bits per heavy atom. The number of hydrogen-bond donors (Lipinski definition) is 0. The quantitative estimate of drug-likeness (QED) is 0.275. The van der Waals surface area contributed by atoms with Gasteiger partial charge in [0.05, 0.1) is 18.7 Å². The maximum absolute atomic E-state index is 12.5. The highest BCUT2D eigenvalue weighted by molar-refractivity contribution is 7.98. The Bertz CT molecular complexity index is 1090. The fourth-order valence-corrected chi connectivity index (χ4v) is 4.21. The number of carbonyl (C=O) groups is 1. The number of rotatable bonds is 5. The Morgan fingerprint density at radius 3 is 2.31 bits per heavy atom. The van der Waals surface area contributed by atoms with E-state index >= 15 is 0 Å². The fourth-order valence-electron chi connectivity index (χ4n) is 3.50. The van der Waals surface area contributed by atoms with E-state index < -0.39 is 5.97 Å². The molecule has 148 valence electrons. The molecule has 0 bridgehead atoms. The highest BCUT2D eigenvalue weighted by atomic mass is 32.2. The molecule has 29 heavy (non-hydrogen) atoms. The molecule has 1 aromatic heterocycles. The second-order valence-corrected chi connectivity index (χ2v) is 7.90. The van der Waals surface area contributed by atoms with Crippen molar-refractivity contribution in [3.8, 4) is 22.3 Å². The van der Waals surface area contributed by atoms with Crippen LogP contribution in [0.2, 0.25) is 0 Å². The van der Waals surface area contributed by atoms with Crippen LogP contribution in [-0.2, 0) is 11.8 Å². The topological polar surface area (TPSA) is 35.6 Å². The summed E-state index contributed by atoms with van der Waals surface area (Å²) < 4.78 is 6.74. The van der Waals surface area contributed by atoms with Crippen molar-refractivity contribution in [1.82, 2.24) is 4.57 Å². The second-order valence-electron chi connectivity index (χ2n) is 7.10. The van der Waals surface area contributed by atoms with Gasteiger partial charge in [-0.3, -0.25) is 0 Å². The maximum atomic E-state index is 12.5. The number of ether oxygens (including phenoxy) is 1. The van der Waals surface area contributed by atoms with Crippen LogP contribution in [0.3, 0.4) is 0 Å². The van der Waals surface area contributed by atoms with Gasteiger partial charge < -0.3 is 9.30 Å². The highest BCUT2D eigenvalue weighted by Crippen LogP contribution is 2.43. The fraction of sp³-hybridized carbons (Fsp3) is 0.250. The van der Waals surface area contributed by atoms with E-state index in [-0.39, 0.29) is 0 Å². The monoisotopic (exact) mass is 404 g/mol. The predicted octanol–water partition coefficient (Wildman–Crippen LogP) is 6.54. The van der Waals surface area contributed by atoms with E-state index in [0.717, 1.165) is 21.7 Å². The minimum absolute atomic E-state index is 0.400. The first kappa shape index (κ1) is 20.8. The summed E-state index contributed by atoms with van der Waals surface area (Å²) in [5, 5.41) is 0.754. The van der Waals surface area contributed by atoms with Crippen molar-refractivity contribution in [2.75, 3.05) is 13.4 Å². The Morgan fingerprint density at radius 1 is 1.10 bits per heavy atom. The van der Waals surface area contributed by atoms with Crippen LogP contribution in [-0.4, -0.2) is 23.9 Å². The normalized spacial score (nSPS) is 10.8.